The maximum Gasteiger partial charge on any atom is 0.275 e. The van der Waals surface area contributed by atoms with Crippen LogP contribution in [0.5, 0.6) is 5.75 Å². The van der Waals surface area contributed by atoms with Crippen molar-refractivity contribution in [3.05, 3.63) is 71.7 Å². The Morgan fingerprint density at radius 1 is 1.00 bits per heavy atom. The molecule has 2 aromatic carbocycles. The van der Waals surface area contributed by atoms with Gasteiger partial charge in [-0.05, 0) is 68.0 Å². The van der Waals surface area contributed by atoms with Gasteiger partial charge in [-0.2, -0.15) is 4.39 Å². The van der Waals surface area contributed by atoms with Crippen LogP contribution in [0.3, 0.4) is 0 Å². The van der Waals surface area contributed by atoms with Gasteiger partial charge in [0, 0.05) is 41.3 Å². The molecule has 4 aromatic rings. The number of aromatic nitrogens is 3. The molecule has 12 heteroatoms. The topological polar surface area (TPSA) is 110 Å². The largest absolute Gasteiger partial charge is 0.494 e. The minimum Gasteiger partial charge on any atom is -0.494 e. The zero-order valence-corrected chi connectivity index (χ0v) is 26.3. The third-order valence-corrected chi connectivity index (χ3v) is 8.01. The van der Waals surface area contributed by atoms with Crippen LogP contribution in [-0.4, -0.2) is 77.5 Å². The minimum atomic E-state index is -1.07. The molecule has 5 rings (SSSR count). The molecule has 10 nitrogen and oxygen atoms in total. The highest BCUT2D eigenvalue weighted by Gasteiger charge is 2.26. The number of quaternary nitrogens is 1. The molecule has 1 fully saturated rings. The first kappa shape index (κ1) is 31.8. The van der Waals surface area contributed by atoms with Gasteiger partial charge in [-0.25, -0.2) is 14.4 Å². The van der Waals surface area contributed by atoms with Crippen LogP contribution in [0, 0.1) is 11.6 Å². The second-order valence-corrected chi connectivity index (χ2v) is 12.4. The number of halogens is 2. The van der Waals surface area contributed by atoms with Gasteiger partial charge in [0.05, 0.1) is 40.1 Å². The number of anilines is 2. The number of rotatable bonds is 10. The predicted octanol–water partition coefficient (Wildman–Crippen LogP) is 4.85. The third-order valence-electron chi connectivity index (χ3n) is 8.01. The Bertz CT molecular complexity index is 1710. The van der Waals surface area contributed by atoms with Crippen molar-refractivity contribution >= 4 is 29.0 Å². The Labute approximate surface area is 261 Å². The van der Waals surface area contributed by atoms with E-state index in [1.165, 1.54) is 25.4 Å². The van der Waals surface area contributed by atoms with E-state index in [4.69, 9.17) is 4.74 Å². The van der Waals surface area contributed by atoms with Gasteiger partial charge in [-0.1, -0.05) is 6.92 Å². The molecular formula is C33H40F2N7O3+. The van der Waals surface area contributed by atoms with Crippen LogP contribution in [-0.2, 0) is 11.2 Å². The number of nitrogens with one attached hydrogen (secondary N) is 3. The number of likely N-dealkylation sites (N-methyl/N-ethyl adjacent to an activating group) is 1. The summed E-state index contributed by atoms with van der Waals surface area (Å²) in [5, 5.41) is 9.58. The van der Waals surface area contributed by atoms with Gasteiger partial charge in [0.25, 0.3) is 11.8 Å². The molecule has 2 amide bonds. The fraction of sp³-hybridized carbons (Fsp3) is 0.394. The van der Waals surface area contributed by atoms with E-state index in [1.54, 1.807) is 22.9 Å². The molecule has 3 N–H and O–H groups in total. The van der Waals surface area contributed by atoms with Crippen molar-refractivity contribution in [2.75, 3.05) is 40.1 Å². The molecule has 0 saturated heterocycles. The molecule has 1 aliphatic rings. The SMILES string of the molecule is CCc1cc(Nc2nccn3c(-c4ccc(OC)c(F)c4F)cnc23)ccc1C(=O)NC1CCC(NC(=O)C[N+](C)(C)C)CC1. The van der Waals surface area contributed by atoms with Crippen LogP contribution in [0.15, 0.2) is 48.9 Å². The number of carbonyl (C=O) groups is 2. The van der Waals surface area contributed by atoms with E-state index in [1.807, 2.05) is 40.2 Å². The lowest BCUT2D eigenvalue weighted by Gasteiger charge is -2.31. The lowest BCUT2D eigenvalue weighted by atomic mass is 9.90. The molecule has 1 aliphatic carbocycles. The van der Waals surface area contributed by atoms with Crippen LogP contribution in [0.25, 0.3) is 16.9 Å². The predicted molar refractivity (Wildman–Crippen MR) is 169 cm³/mol. The molecule has 2 heterocycles. The summed E-state index contributed by atoms with van der Waals surface area (Å²) in [5.41, 5.74) is 3.00. The van der Waals surface area contributed by atoms with E-state index < -0.39 is 11.6 Å². The average Bonchev–Trinajstić information content (AvgIpc) is 3.43. The summed E-state index contributed by atoms with van der Waals surface area (Å²) in [7, 11) is 7.25. The molecule has 0 aliphatic heterocycles. The summed E-state index contributed by atoms with van der Waals surface area (Å²) < 4.78 is 36.4. The number of ether oxygens (including phenoxy) is 1. The molecule has 1 saturated carbocycles. The Morgan fingerprint density at radius 2 is 1.71 bits per heavy atom. The molecule has 0 radical (unpaired) electrons. The van der Waals surface area contributed by atoms with Crippen molar-refractivity contribution in [1.82, 2.24) is 25.0 Å². The normalized spacial score (nSPS) is 16.8. The molecule has 0 atom stereocenters. The summed E-state index contributed by atoms with van der Waals surface area (Å²) in [6.07, 6.45) is 8.53. The summed E-state index contributed by atoms with van der Waals surface area (Å²) in [6.45, 7) is 2.42. The molecule has 238 valence electrons. The first-order chi connectivity index (χ1) is 21.5. The summed E-state index contributed by atoms with van der Waals surface area (Å²) in [6, 6.07) is 8.50. The Morgan fingerprint density at radius 3 is 2.38 bits per heavy atom. The fourth-order valence-corrected chi connectivity index (χ4v) is 5.77. The smallest absolute Gasteiger partial charge is 0.275 e. The Balaban J connectivity index is 1.26. The van der Waals surface area contributed by atoms with Crippen molar-refractivity contribution in [3.63, 3.8) is 0 Å². The summed E-state index contributed by atoms with van der Waals surface area (Å²) in [4.78, 5) is 34.4. The van der Waals surface area contributed by atoms with Crippen molar-refractivity contribution in [2.45, 2.75) is 51.1 Å². The maximum absolute atomic E-state index is 14.9. The number of aryl methyl sites for hydroxylation is 1. The number of benzene rings is 2. The van der Waals surface area contributed by atoms with E-state index >= 15 is 0 Å². The number of methoxy groups -OCH3 is 1. The van der Waals surface area contributed by atoms with Crippen molar-refractivity contribution in [3.8, 4) is 17.0 Å². The second-order valence-electron chi connectivity index (χ2n) is 12.4. The Kier molecular flexibility index (Phi) is 9.33. The number of hydrogen-bond donors (Lipinski definition) is 3. The molecule has 0 bridgehead atoms. The highest BCUT2D eigenvalue weighted by atomic mass is 19.2. The van der Waals surface area contributed by atoms with E-state index in [2.05, 4.69) is 25.9 Å². The van der Waals surface area contributed by atoms with E-state index in [9.17, 15) is 18.4 Å². The lowest BCUT2D eigenvalue weighted by Crippen LogP contribution is -2.49. The molecule has 0 spiro atoms. The zero-order valence-electron chi connectivity index (χ0n) is 26.3. The number of amides is 2. The van der Waals surface area contributed by atoms with E-state index in [0.717, 1.165) is 31.2 Å². The fourth-order valence-electron chi connectivity index (χ4n) is 5.77. The second kappa shape index (κ2) is 13.2. The number of carbonyl (C=O) groups excluding carboxylic acids is 2. The van der Waals surface area contributed by atoms with Crippen LogP contribution in [0.2, 0.25) is 0 Å². The highest BCUT2D eigenvalue weighted by Crippen LogP contribution is 2.32. The number of hydrogen-bond acceptors (Lipinski definition) is 6. The molecular weight excluding hydrogens is 580 g/mol. The van der Waals surface area contributed by atoms with E-state index in [-0.39, 0.29) is 35.2 Å². The first-order valence-corrected chi connectivity index (χ1v) is 15.1. The quantitative estimate of drug-likeness (QED) is 0.219. The van der Waals surface area contributed by atoms with Gasteiger partial charge in [0.15, 0.2) is 29.6 Å². The van der Waals surface area contributed by atoms with Gasteiger partial charge < -0.3 is 25.2 Å². The van der Waals surface area contributed by atoms with Crippen molar-refractivity contribution in [1.29, 1.82) is 0 Å². The van der Waals surface area contributed by atoms with Crippen LogP contribution >= 0.6 is 0 Å². The van der Waals surface area contributed by atoms with Crippen LogP contribution in [0.1, 0.15) is 48.5 Å². The molecule has 2 aromatic heterocycles. The summed E-state index contributed by atoms with van der Waals surface area (Å²) >= 11 is 0. The Hall–Kier alpha value is -4.58. The summed E-state index contributed by atoms with van der Waals surface area (Å²) in [5.74, 6) is -1.93. The van der Waals surface area contributed by atoms with Crippen LogP contribution < -0.4 is 20.7 Å². The zero-order chi connectivity index (χ0) is 32.3. The standard InChI is InChI=1S/C33H39F2N7O3/c1-6-20-17-23(11-12-24(20)33(44)40-22-9-7-21(8-10-22)38-28(43)19-42(2,3)4)39-31-32-37-18-26(41(32)16-15-36-31)25-13-14-27(45-5)30(35)29(25)34/h11-18,21-22H,6-10,19H2,1-5H3,(H2-,36,38,39,40,43,44)/p+1. The van der Waals surface area contributed by atoms with Gasteiger partial charge >= 0.3 is 0 Å². The van der Waals surface area contributed by atoms with Gasteiger partial charge in [-0.15, -0.1) is 0 Å². The van der Waals surface area contributed by atoms with Gasteiger partial charge in [0.2, 0.25) is 5.82 Å². The van der Waals surface area contributed by atoms with Crippen molar-refractivity contribution in [2.24, 2.45) is 0 Å². The monoisotopic (exact) mass is 620 g/mol. The number of fused-ring (bicyclic) bond motifs is 1. The number of nitrogens with zero attached hydrogens (tertiary/aromatic N) is 4. The van der Waals surface area contributed by atoms with Gasteiger partial charge in [-0.3, -0.25) is 14.0 Å². The number of imidazole rings is 1. The lowest BCUT2D eigenvalue weighted by molar-refractivity contribution is -0.862. The average molecular weight is 621 g/mol. The third kappa shape index (κ3) is 7.22. The van der Waals surface area contributed by atoms with E-state index in [0.29, 0.717) is 45.9 Å². The molecule has 0 unspecified atom stereocenters. The minimum absolute atomic E-state index is 0.0414. The van der Waals surface area contributed by atoms with Gasteiger partial charge in [0.1, 0.15) is 0 Å². The maximum atomic E-state index is 14.9. The van der Waals surface area contributed by atoms with Crippen LogP contribution in [0.4, 0.5) is 20.3 Å². The molecule has 45 heavy (non-hydrogen) atoms. The van der Waals surface area contributed by atoms with Crippen molar-refractivity contribution < 1.29 is 27.6 Å². The highest BCUT2D eigenvalue weighted by molar-refractivity contribution is 5.96. The first-order valence-electron chi connectivity index (χ1n) is 15.1.